The van der Waals surface area contributed by atoms with Gasteiger partial charge >= 0.3 is 24.0 Å². The Morgan fingerprint density at radius 3 is 1.41 bits per heavy atom. The van der Waals surface area contributed by atoms with Crippen LogP contribution in [0.1, 0.15) is 148 Å². The van der Waals surface area contributed by atoms with E-state index >= 15 is 0 Å². The summed E-state index contributed by atoms with van der Waals surface area (Å²) in [5, 5.41) is 42.0. The fourth-order valence-corrected chi connectivity index (χ4v) is 10.1. The summed E-state index contributed by atoms with van der Waals surface area (Å²) in [6, 6.07) is 21.3. The number of nitrogens with one attached hydrogen (secondary N) is 2. The number of carbonyl (C=O) groups is 3. The van der Waals surface area contributed by atoms with Gasteiger partial charge in [0, 0.05) is 100 Å². The molecule has 0 aliphatic carbocycles. The van der Waals surface area contributed by atoms with Crippen molar-refractivity contribution >= 4 is 79.6 Å². The predicted molar refractivity (Wildman–Crippen MR) is 363 cm³/mol. The van der Waals surface area contributed by atoms with Gasteiger partial charge in [-0.3, -0.25) is 20.2 Å². The minimum Gasteiger partial charge on any atom is -1.00 e. The molecule has 3 aliphatic rings. The van der Waals surface area contributed by atoms with E-state index in [0.29, 0.717) is 43.4 Å². The molecular formula is C66H97BrFIN13O11-. The molecule has 3 atom stereocenters. The molecule has 93 heavy (non-hydrogen) atoms. The van der Waals surface area contributed by atoms with E-state index in [2.05, 4.69) is 60.4 Å². The minimum atomic E-state index is -0.752. The van der Waals surface area contributed by atoms with E-state index in [0.717, 1.165) is 116 Å². The summed E-state index contributed by atoms with van der Waals surface area (Å²) in [7, 11) is 3.25. The van der Waals surface area contributed by atoms with Crippen LogP contribution in [0, 0.1) is 75.8 Å². The van der Waals surface area contributed by atoms with Crippen LogP contribution in [0.15, 0.2) is 72.8 Å². The molecule has 3 saturated heterocycles. The lowest BCUT2D eigenvalue weighted by Crippen LogP contribution is -3.00. The van der Waals surface area contributed by atoms with Crippen molar-refractivity contribution < 1.29 is 71.5 Å². The van der Waals surface area contributed by atoms with Crippen molar-refractivity contribution in [2.45, 2.75) is 183 Å². The molecule has 0 spiro atoms. The van der Waals surface area contributed by atoms with Gasteiger partial charge in [-0.2, -0.15) is 9.65 Å². The topological polar surface area (TPSA) is 326 Å². The molecule has 0 radical (unpaired) electrons. The zero-order valence-corrected chi connectivity index (χ0v) is 60.4. The van der Waals surface area contributed by atoms with Gasteiger partial charge in [-0.1, -0.05) is 48.5 Å². The average molecular weight is 1470 g/mol. The van der Waals surface area contributed by atoms with Gasteiger partial charge in [0.05, 0.1) is 38.3 Å². The second-order valence-electron chi connectivity index (χ2n) is 25.3. The molecule has 8 rings (SSSR count). The maximum absolute atomic E-state index is 12.8. The molecular weight excluding hydrogens is 1380 g/mol. The number of aryl methyl sites for hydroxylation is 4. The van der Waals surface area contributed by atoms with Gasteiger partial charge in [0.1, 0.15) is 27.5 Å². The van der Waals surface area contributed by atoms with Crippen molar-refractivity contribution in [1.29, 1.82) is 10.5 Å². The first kappa shape index (κ1) is 83.3. The molecule has 4 aromatic carbocycles. The molecule has 6 N–H and O–H groups in total. The number of anilines is 4. The van der Waals surface area contributed by atoms with Crippen molar-refractivity contribution in [2.24, 2.45) is 0 Å². The molecule has 0 bridgehead atoms. The molecule has 4 heterocycles. The standard InChI is InChI=1S/C19H28N4O2.C18H27N3O4.C18H29N3O2.C7H6FNO2.C2H6O.CBrN.CHN.HI/c1-13-8-7-10-15-16(13)23(17(20)21-15)14-9-5-6-11-22(12-14)18(24)25-19(2,3)4;1-13-8-7-10-15(21(23)24)16(13)19-14-9-5-6-11-20(12-14)17(22)25-18(2,3)4;1-13-8-7-10-15(19)16(13)20-14-9-5-6-11-21(12-14)17(22)23-18(2,3)4;1-5-3-2-4-6(7(5)8)9(10)11;1-3-2;2-1-3;1-2;/h7-8,10,14H,5-6,9,11-12H2,1-4H3,(H2,20,21);7-8,10,14,19H,5-6,9,11-12H2,1-4H3;7-8,10,14,20H,5-6,9,11-12,19H2,1-4H3;2-4H,1H3;1-2H3;;1H;1H/p-1/t3*14-;;;;;/m111...../s1. The highest BCUT2D eigenvalue weighted by Gasteiger charge is 2.32. The third-order valence-electron chi connectivity index (χ3n) is 14.1. The number of hydrogen-bond acceptors (Lipinski definition) is 18. The predicted octanol–water partition coefficient (Wildman–Crippen LogP) is 12.1. The number of nitrogens with zero attached hydrogens (tertiary/aromatic N) is 9. The number of carbonyl (C=O) groups excluding carboxylic acids is 3. The number of halogens is 3. The largest absolute Gasteiger partial charge is 1.00 e. The van der Waals surface area contributed by atoms with Crippen LogP contribution in [-0.4, -0.2) is 135 Å². The van der Waals surface area contributed by atoms with E-state index in [4.69, 9.17) is 36.2 Å². The summed E-state index contributed by atoms with van der Waals surface area (Å²) in [6.07, 6.45) is 7.99. The Morgan fingerprint density at radius 2 is 0.989 bits per heavy atom. The van der Waals surface area contributed by atoms with E-state index in [1.54, 1.807) is 30.2 Å². The van der Waals surface area contributed by atoms with E-state index in [1.807, 2.05) is 122 Å². The summed E-state index contributed by atoms with van der Waals surface area (Å²) in [6.45, 7) is 31.7. The third kappa shape index (κ3) is 29.0. The Morgan fingerprint density at radius 1 is 0.624 bits per heavy atom. The maximum atomic E-state index is 12.8. The number of likely N-dealkylation sites (tertiary alicyclic amines) is 3. The van der Waals surface area contributed by atoms with Crippen LogP contribution in [0.5, 0.6) is 0 Å². The number of aromatic nitrogens is 2. The van der Waals surface area contributed by atoms with Gasteiger partial charge < -0.3 is 84.3 Å². The van der Waals surface area contributed by atoms with Crippen LogP contribution in [0.2, 0.25) is 0 Å². The van der Waals surface area contributed by atoms with Gasteiger partial charge in [0.2, 0.25) is 11.8 Å². The number of methoxy groups -OCH3 is 1. The number of ether oxygens (including phenoxy) is 4. The minimum absolute atomic E-state index is 0. The summed E-state index contributed by atoms with van der Waals surface area (Å²) in [5.74, 6) is -0.238. The number of benzene rings is 4. The molecule has 5 aromatic rings. The first-order chi connectivity index (χ1) is 43.1. The van der Waals surface area contributed by atoms with Crippen molar-refractivity contribution in [3.63, 3.8) is 0 Å². The zero-order chi connectivity index (χ0) is 69.7. The molecule has 1 aromatic heterocycles. The highest BCUT2D eigenvalue weighted by atomic mass is 127. The highest BCUT2D eigenvalue weighted by molar-refractivity contribution is 9.12. The molecule has 27 heteroatoms. The van der Waals surface area contributed by atoms with Crippen molar-refractivity contribution in [1.82, 2.24) is 24.3 Å². The van der Waals surface area contributed by atoms with Crippen molar-refractivity contribution in [2.75, 3.05) is 75.6 Å². The first-order valence-electron chi connectivity index (χ1n) is 30.5. The van der Waals surface area contributed by atoms with E-state index in [1.165, 1.54) is 25.1 Å². The van der Waals surface area contributed by atoms with Crippen molar-refractivity contribution in [3.05, 3.63) is 121 Å². The normalized spacial score (nSPS) is 16.2. The number of nitrogens with two attached hydrogens (primary N) is 2. The van der Waals surface area contributed by atoms with Gasteiger partial charge in [-0.25, -0.2) is 24.6 Å². The first-order valence-corrected chi connectivity index (χ1v) is 31.3. The molecule has 24 nitrogen and oxygen atoms in total. The zero-order valence-electron chi connectivity index (χ0n) is 56.6. The molecule has 3 fully saturated rings. The Balaban J connectivity index is 0.000000610. The van der Waals surface area contributed by atoms with Crippen LogP contribution in [-0.2, 0) is 18.9 Å². The number of nitriles is 2. The van der Waals surface area contributed by atoms with E-state index in [-0.39, 0.29) is 71.0 Å². The maximum Gasteiger partial charge on any atom is 0.410 e. The molecule has 514 valence electrons. The van der Waals surface area contributed by atoms with Gasteiger partial charge in [-0.15, -0.1) is 0 Å². The number of nitro benzene ring substituents is 2. The van der Waals surface area contributed by atoms with Crippen LogP contribution in [0.3, 0.4) is 0 Å². The number of fused-ring (bicyclic) bond motifs is 1. The lowest BCUT2D eigenvalue weighted by molar-refractivity contribution is -0.387. The Kier molecular flexibility index (Phi) is 36.1. The van der Waals surface area contributed by atoms with Crippen LogP contribution >= 0.6 is 15.9 Å². The summed E-state index contributed by atoms with van der Waals surface area (Å²) >= 11 is 2.45. The smallest absolute Gasteiger partial charge is 0.410 e. The lowest BCUT2D eigenvalue weighted by atomic mass is 10.1. The quantitative estimate of drug-likeness (QED) is 0.0387. The number of hydrogen-bond donors (Lipinski definition) is 4. The highest BCUT2D eigenvalue weighted by Crippen LogP contribution is 2.33. The molecule has 3 aliphatic heterocycles. The number of amides is 3. The van der Waals surface area contributed by atoms with Crippen LogP contribution < -0.4 is 46.1 Å². The monoisotopic (exact) mass is 1470 g/mol. The second-order valence-corrected chi connectivity index (χ2v) is 25.7. The van der Waals surface area contributed by atoms with Crippen LogP contribution in [0.25, 0.3) is 11.0 Å². The van der Waals surface area contributed by atoms with Gasteiger partial charge in [-0.05, 0) is 182 Å². The van der Waals surface area contributed by atoms with Gasteiger partial charge in [0.25, 0.3) is 5.69 Å². The average Bonchev–Trinajstić information content (AvgIpc) is 1.65. The fraction of sp³-hybridized carbons (Fsp3) is 0.545. The van der Waals surface area contributed by atoms with E-state index in [9.17, 15) is 39.0 Å². The number of imidazole rings is 1. The summed E-state index contributed by atoms with van der Waals surface area (Å²) < 4.78 is 35.7. The lowest BCUT2D eigenvalue weighted by Gasteiger charge is -2.29. The number of para-hydroxylation sites is 3. The molecule has 3 amide bonds. The number of nitrogen functional groups attached to an aromatic ring is 2. The SMILES string of the molecule is C#N.COC.Cc1cccc(N)c1N[C@@H]1CCCCN(C(=O)OC(C)(C)C)C1.Cc1cccc([N+](=O)[O-])c1F.Cc1cccc([N+](=O)[O-])c1N[C@@H]1CCCCN(C(=O)OC(C)(C)C)C1.Cc1cccc2nc(N)n([C@@H]3CCCCN(C(=O)OC(C)(C)C)C3)c12.N#CBr.[I-]. The Bertz CT molecular complexity index is 3230. The third-order valence-corrected chi connectivity index (χ3v) is 14.1. The van der Waals surface area contributed by atoms with Gasteiger partial charge in [0.15, 0.2) is 0 Å². The second kappa shape index (κ2) is 40.4. The van der Waals surface area contributed by atoms with E-state index < -0.39 is 33.2 Å². The Hall–Kier alpha value is -7.76. The van der Waals surface area contributed by atoms with Crippen LogP contribution in [0.4, 0.5) is 53.2 Å². The summed E-state index contributed by atoms with van der Waals surface area (Å²) in [4.78, 5) is 69.0. The molecule has 0 saturated carbocycles. The summed E-state index contributed by atoms with van der Waals surface area (Å²) in [5.41, 5.74) is 18.0. The molecule has 0 unspecified atom stereocenters. The number of nitro groups is 2. The fourth-order valence-electron chi connectivity index (χ4n) is 10.1. The van der Waals surface area contributed by atoms with Crippen molar-refractivity contribution in [3.8, 4) is 11.6 Å². The number of rotatable bonds is 7. The Labute approximate surface area is 573 Å².